The van der Waals surface area contributed by atoms with Gasteiger partial charge in [-0.1, -0.05) is 31.9 Å². The third kappa shape index (κ3) is 5.20. The zero-order valence-electron chi connectivity index (χ0n) is 22.3. The summed E-state index contributed by atoms with van der Waals surface area (Å²) in [6.45, 7) is 7.39. The predicted molar refractivity (Wildman–Crippen MR) is 145 cm³/mol. The summed E-state index contributed by atoms with van der Waals surface area (Å²) >= 11 is 0. The van der Waals surface area contributed by atoms with Crippen LogP contribution in [0.3, 0.4) is 0 Å². The number of carbonyl (C=O) groups is 2. The third-order valence-corrected chi connectivity index (χ3v) is 6.53. The van der Waals surface area contributed by atoms with Crippen molar-refractivity contribution in [3.05, 3.63) is 90.8 Å². The normalized spacial score (nSPS) is 11.7. The van der Waals surface area contributed by atoms with E-state index >= 15 is 0 Å². The molecule has 0 atom stereocenters. The summed E-state index contributed by atoms with van der Waals surface area (Å²) < 4.78 is 8.29. The molecular formula is C28H29N5O6. The first-order valence-corrected chi connectivity index (χ1v) is 12.7. The molecule has 0 N–H and O–H groups in total. The number of nitro benzene ring substituents is 1. The van der Waals surface area contributed by atoms with Gasteiger partial charge in [-0.15, -0.1) is 0 Å². The van der Waals surface area contributed by atoms with Crippen LogP contribution >= 0.6 is 0 Å². The topological polar surface area (TPSA) is 138 Å². The van der Waals surface area contributed by atoms with E-state index in [-0.39, 0.29) is 51.1 Å². The lowest BCUT2D eigenvalue weighted by molar-refractivity contribution is -0.385. The molecule has 4 rings (SSSR count). The first-order valence-electron chi connectivity index (χ1n) is 12.7. The van der Waals surface area contributed by atoms with Crippen molar-refractivity contribution in [2.45, 2.75) is 53.5 Å². The molecule has 11 nitrogen and oxygen atoms in total. The molecule has 0 saturated heterocycles. The number of pyridine rings is 2. The number of nitro groups is 1. The van der Waals surface area contributed by atoms with E-state index in [1.165, 1.54) is 35.6 Å². The van der Waals surface area contributed by atoms with Gasteiger partial charge in [0, 0.05) is 24.4 Å². The van der Waals surface area contributed by atoms with Crippen LogP contribution in [0.1, 0.15) is 65.0 Å². The molecule has 3 heterocycles. The molecule has 11 heteroatoms. The highest BCUT2D eigenvalue weighted by atomic mass is 16.6. The maximum atomic E-state index is 13.6. The average molecular weight is 532 g/mol. The highest BCUT2D eigenvalue weighted by Crippen LogP contribution is 2.22. The number of rotatable bonds is 8. The minimum absolute atomic E-state index is 0.0159. The number of aromatic nitrogens is 3. The molecule has 4 aromatic rings. The number of unbranched alkanes of at least 4 members (excludes halogenated alkanes) is 2. The highest BCUT2D eigenvalue weighted by molar-refractivity contribution is 5.98. The van der Waals surface area contributed by atoms with Gasteiger partial charge in [0.25, 0.3) is 17.2 Å². The molecule has 0 aliphatic carbocycles. The first kappa shape index (κ1) is 27.4. The van der Waals surface area contributed by atoms with Gasteiger partial charge in [-0.25, -0.2) is 9.78 Å². The molecule has 0 aliphatic rings. The lowest BCUT2D eigenvalue weighted by Crippen LogP contribution is -2.33. The van der Waals surface area contributed by atoms with E-state index < -0.39 is 16.8 Å². The zero-order valence-corrected chi connectivity index (χ0v) is 22.3. The van der Waals surface area contributed by atoms with Gasteiger partial charge >= 0.3 is 5.97 Å². The minimum Gasteiger partial charge on any atom is -0.462 e. The van der Waals surface area contributed by atoms with E-state index in [9.17, 15) is 24.5 Å². The number of esters is 1. The first-order chi connectivity index (χ1) is 18.7. The lowest BCUT2D eigenvalue weighted by atomic mass is 10.1. The van der Waals surface area contributed by atoms with Gasteiger partial charge in [0.1, 0.15) is 16.9 Å². The van der Waals surface area contributed by atoms with Gasteiger partial charge in [-0.05, 0) is 51.0 Å². The van der Waals surface area contributed by atoms with Crippen molar-refractivity contribution >= 4 is 34.2 Å². The fourth-order valence-electron chi connectivity index (χ4n) is 4.51. The fourth-order valence-corrected chi connectivity index (χ4v) is 4.51. The van der Waals surface area contributed by atoms with Crippen molar-refractivity contribution in [3.8, 4) is 0 Å². The van der Waals surface area contributed by atoms with Crippen LogP contribution < -0.4 is 11.0 Å². The summed E-state index contributed by atoms with van der Waals surface area (Å²) in [7, 11) is 0. The molecule has 0 spiro atoms. The summed E-state index contributed by atoms with van der Waals surface area (Å²) in [6, 6.07) is 9.10. The number of hydrogen-bond donors (Lipinski definition) is 0. The Hall–Kier alpha value is -4.67. The minimum atomic E-state index is -0.765. The van der Waals surface area contributed by atoms with E-state index in [2.05, 4.69) is 4.99 Å². The van der Waals surface area contributed by atoms with Gasteiger partial charge in [0.2, 0.25) is 0 Å². The molecule has 1 aromatic carbocycles. The summed E-state index contributed by atoms with van der Waals surface area (Å²) in [5.41, 5.74) is 1.01. The van der Waals surface area contributed by atoms with Crippen LogP contribution in [0, 0.1) is 24.0 Å². The van der Waals surface area contributed by atoms with Crippen molar-refractivity contribution < 1.29 is 19.2 Å². The number of fused-ring (bicyclic) bond motifs is 2. The van der Waals surface area contributed by atoms with Crippen molar-refractivity contribution in [1.82, 2.24) is 14.0 Å². The van der Waals surface area contributed by atoms with Crippen molar-refractivity contribution in [3.63, 3.8) is 0 Å². The van der Waals surface area contributed by atoms with E-state index in [1.54, 1.807) is 23.8 Å². The quantitative estimate of drug-likeness (QED) is 0.109. The fraction of sp³-hybridized carbons (Fsp3) is 0.321. The van der Waals surface area contributed by atoms with Gasteiger partial charge < -0.3 is 9.30 Å². The van der Waals surface area contributed by atoms with E-state index in [0.717, 1.165) is 18.4 Å². The van der Waals surface area contributed by atoms with Gasteiger partial charge in [0.15, 0.2) is 5.49 Å². The smallest absolute Gasteiger partial charge is 0.341 e. The molecule has 0 unspecified atom stereocenters. The summed E-state index contributed by atoms with van der Waals surface area (Å²) in [5, 5.41) is 11.6. The van der Waals surface area contributed by atoms with Crippen LogP contribution in [0.15, 0.2) is 52.4 Å². The Morgan fingerprint density at radius 2 is 1.85 bits per heavy atom. The van der Waals surface area contributed by atoms with Crippen LogP contribution in [0.5, 0.6) is 0 Å². The highest BCUT2D eigenvalue weighted by Gasteiger charge is 2.22. The summed E-state index contributed by atoms with van der Waals surface area (Å²) in [4.78, 5) is 60.1. The molecule has 0 radical (unpaired) electrons. The SMILES string of the molecule is CCCCCn1c(=NC(=O)c2cccc([N+](=O)[O-])c2C)c(C(=O)OCC)cc2c(=O)n3cccc(C)c3nc21. The lowest BCUT2D eigenvalue weighted by Gasteiger charge is -2.15. The second kappa shape index (κ2) is 11.4. The largest absolute Gasteiger partial charge is 0.462 e. The summed E-state index contributed by atoms with van der Waals surface area (Å²) in [5.74, 6) is -1.52. The molecule has 1 amide bonds. The number of carbonyl (C=O) groups excluding carboxylic acids is 2. The average Bonchev–Trinajstić information content (AvgIpc) is 2.90. The number of nitrogens with zero attached hydrogens (tertiary/aromatic N) is 5. The number of hydrogen-bond acceptors (Lipinski definition) is 7. The second-order valence-corrected chi connectivity index (χ2v) is 9.12. The van der Waals surface area contributed by atoms with E-state index in [0.29, 0.717) is 18.6 Å². The zero-order chi connectivity index (χ0) is 28.3. The Morgan fingerprint density at radius 1 is 1.08 bits per heavy atom. The van der Waals surface area contributed by atoms with Gasteiger partial charge in [-0.2, -0.15) is 4.99 Å². The molecular weight excluding hydrogens is 502 g/mol. The molecule has 0 saturated carbocycles. The van der Waals surface area contributed by atoms with Crippen LogP contribution in [0.2, 0.25) is 0 Å². The van der Waals surface area contributed by atoms with E-state index in [1.807, 2.05) is 19.9 Å². The van der Waals surface area contributed by atoms with Crippen LogP contribution in [0.25, 0.3) is 16.7 Å². The number of ether oxygens (including phenoxy) is 1. The number of aryl methyl sites for hydroxylation is 2. The number of benzene rings is 1. The Bertz CT molecular complexity index is 1750. The maximum Gasteiger partial charge on any atom is 0.341 e. The Labute approximate surface area is 223 Å². The van der Waals surface area contributed by atoms with Crippen LogP contribution in [-0.2, 0) is 11.3 Å². The third-order valence-electron chi connectivity index (χ3n) is 6.53. The maximum absolute atomic E-state index is 13.6. The molecule has 0 fully saturated rings. The molecule has 0 bridgehead atoms. The van der Waals surface area contributed by atoms with E-state index in [4.69, 9.17) is 9.72 Å². The van der Waals surface area contributed by atoms with Gasteiger partial charge in [0.05, 0.1) is 22.5 Å². The standard InChI is InChI=1S/C28H29N5O6/c1-5-7-8-14-31-24-20(27(35)32-15-10-11-17(3)23(32)29-24)16-21(28(36)39-6-2)25(31)30-26(34)19-12-9-13-22(18(19)4)33(37)38/h9-13,15-16H,5-8,14H2,1-4H3. The number of amides is 1. The van der Waals surface area contributed by atoms with Crippen molar-refractivity contribution in [2.24, 2.45) is 4.99 Å². The summed E-state index contributed by atoms with van der Waals surface area (Å²) in [6.07, 6.45) is 4.03. The van der Waals surface area contributed by atoms with Crippen LogP contribution in [0.4, 0.5) is 5.69 Å². The van der Waals surface area contributed by atoms with Gasteiger partial charge in [-0.3, -0.25) is 24.1 Å². The van der Waals surface area contributed by atoms with Crippen LogP contribution in [-0.4, -0.2) is 37.4 Å². The van der Waals surface area contributed by atoms with Crippen molar-refractivity contribution in [1.29, 1.82) is 0 Å². The predicted octanol–water partition coefficient (Wildman–Crippen LogP) is 4.28. The second-order valence-electron chi connectivity index (χ2n) is 9.12. The monoisotopic (exact) mass is 531 g/mol. The molecule has 3 aromatic heterocycles. The van der Waals surface area contributed by atoms with Crippen molar-refractivity contribution in [2.75, 3.05) is 6.61 Å². The Kier molecular flexibility index (Phi) is 7.99. The molecule has 202 valence electrons. The molecule has 39 heavy (non-hydrogen) atoms. The Balaban J connectivity index is 2.12. The Morgan fingerprint density at radius 3 is 2.54 bits per heavy atom. The molecule has 0 aliphatic heterocycles.